The van der Waals surface area contributed by atoms with Crippen LogP contribution in [0.5, 0.6) is 0 Å². The zero-order chi connectivity index (χ0) is 13.2. The van der Waals surface area contributed by atoms with Crippen LogP contribution in [0, 0.1) is 0 Å². The summed E-state index contributed by atoms with van der Waals surface area (Å²) in [6, 6.07) is 8.98. The number of sulfone groups is 1. The molecule has 0 saturated heterocycles. The average Bonchev–Trinajstić information content (AvgIpc) is 2.78. The maximum Gasteiger partial charge on any atom is 0.244 e. The largest absolute Gasteiger partial charge is 0.299 e. The van der Waals surface area contributed by atoms with Gasteiger partial charge in [0.25, 0.3) is 0 Å². The molecule has 0 spiro atoms. The van der Waals surface area contributed by atoms with Crippen molar-refractivity contribution in [2.75, 3.05) is 5.75 Å². The lowest BCUT2D eigenvalue weighted by Gasteiger charge is -1.95. The quantitative estimate of drug-likeness (QED) is 0.903. The predicted octanol–water partition coefficient (Wildman–Crippen LogP) is 1.33. The molecule has 0 aliphatic rings. The molecule has 0 unspecified atom stereocenters. The molecule has 98 valence electrons. The Hall–Kier alpha value is -2.02. The van der Waals surface area contributed by atoms with E-state index < -0.39 is 21.4 Å². The molecule has 0 aliphatic heterocycles. The van der Waals surface area contributed by atoms with E-state index in [0.717, 1.165) is 0 Å². The predicted molar refractivity (Wildman–Crippen MR) is 68.8 cm³/mol. The molecule has 0 bridgehead atoms. The van der Waals surface area contributed by atoms with Crippen molar-refractivity contribution in [1.29, 1.82) is 0 Å². The van der Waals surface area contributed by atoms with Crippen LogP contribution >= 0.6 is 0 Å². The summed E-state index contributed by atoms with van der Waals surface area (Å²) in [7, 11) is -3.73. The third-order valence-electron chi connectivity index (χ3n) is 2.18. The van der Waals surface area contributed by atoms with Crippen LogP contribution < -0.4 is 0 Å². The molecule has 0 saturated carbocycles. The molecule has 0 aliphatic carbocycles. The minimum absolute atomic E-state index is 0. The first-order valence-corrected chi connectivity index (χ1v) is 6.84. The molecule has 0 amide bonds. The van der Waals surface area contributed by atoms with Crippen LogP contribution in [-0.4, -0.2) is 35.1 Å². The second-order valence-corrected chi connectivity index (χ2v) is 5.70. The molecular formula is C11H15N3O3S. The Kier molecular flexibility index (Phi) is 3.24. The van der Waals surface area contributed by atoms with Crippen LogP contribution in [0.3, 0.4) is 0 Å². The smallest absolute Gasteiger partial charge is 0.244 e. The average molecular weight is 269 g/mol. The molecule has 0 radical (unpaired) electrons. The molecule has 18 heavy (non-hydrogen) atoms. The van der Waals surface area contributed by atoms with Gasteiger partial charge in [0.05, 0.1) is 0 Å². The molecule has 1 N–H and O–H groups in total. The third-order valence-corrected chi connectivity index (χ3v) is 3.74. The van der Waals surface area contributed by atoms with Gasteiger partial charge in [0.15, 0.2) is 5.82 Å². The maximum absolute atomic E-state index is 11.7. The fourth-order valence-electron chi connectivity index (χ4n) is 1.44. The van der Waals surface area contributed by atoms with E-state index in [4.69, 9.17) is 0 Å². The number of nitrogens with zero attached hydrogens (tertiary/aromatic N) is 2. The Bertz CT molecular complexity index is 671. The fraction of sp³-hybridized carbons (Fsp3) is 0.182. The topological polar surface area (TPSA) is 92.8 Å². The zero-order valence-electron chi connectivity index (χ0n) is 9.62. The van der Waals surface area contributed by atoms with Crippen LogP contribution in [0.2, 0.25) is 0 Å². The van der Waals surface area contributed by atoms with E-state index in [2.05, 4.69) is 15.2 Å². The summed E-state index contributed by atoms with van der Waals surface area (Å²) in [6.45, 7) is 1.21. The van der Waals surface area contributed by atoms with Gasteiger partial charge in [-0.2, -0.15) is 10.1 Å². The van der Waals surface area contributed by atoms with Crippen molar-refractivity contribution in [2.45, 2.75) is 12.1 Å². The number of benzene rings is 1. The van der Waals surface area contributed by atoms with Crippen molar-refractivity contribution in [3.05, 3.63) is 30.3 Å². The zero-order valence-corrected chi connectivity index (χ0v) is 10.4. The highest BCUT2D eigenvalue weighted by atomic mass is 32.2. The number of aromatic amines is 1. The standard InChI is InChI=1S/C11H11N3O3S.2H2/c1-8(15)7-18(16,17)11-12-10(13-14-11)9-5-3-2-4-6-9;;/h2-6H,7H2,1H3,(H,12,13,14);2*1H. The first-order chi connectivity index (χ1) is 8.49. The number of carbonyl (C=O) groups excluding carboxylic acids is 1. The molecule has 2 aromatic rings. The van der Waals surface area contributed by atoms with E-state index in [9.17, 15) is 13.2 Å². The van der Waals surface area contributed by atoms with E-state index in [1.807, 2.05) is 6.07 Å². The number of hydrogen-bond acceptors (Lipinski definition) is 5. The monoisotopic (exact) mass is 269 g/mol. The van der Waals surface area contributed by atoms with Gasteiger partial charge in [-0.3, -0.25) is 4.79 Å². The number of hydrogen-bond donors (Lipinski definition) is 1. The molecule has 0 fully saturated rings. The van der Waals surface area contributed by atoms with Crippen LogP contribution in [0.4, 0.5) is 0 Å². The molecule has 6 nitrogen and oxygen atoms in total. The number of ketones is 1. The lowest BCUT2D eigenvalue weighted by atomic mass is 10.2. The van der Waals surface area contributed by atoms with E-state index in [0.29, 0.717) is 5.56 Å². The van der Waals surface area contributed by atoms with E-state index >= 15 is 0 Å². The highest BCUT2D eigenvalue weighted by Gasteiger charge is 2.21. The molecule has 2 rings (SSSR count). The first kappa shape index (κ1) is 12.4. The van der Waals surface area contributed by atoms with Gasteiger partial charge >= 0.3 is 0 Å². The summed E-state index contributed by atoms with van der Waals surface area (Å²) >= 11 is 0. The lowest BCUT2D eigenvalue weighted by Crippen LogP contribution is -2.14. The highest BCUT2D eigenvalue weighted by Crippen LogP contribution is 2.15. The second kappa shape index (κ2) is 4.69. The minimum atomic E-state index is -3.73. The van der Waals surface area contributed by atoms with Gasteiger partial charge in [0.1, 0.15) is 11.5 Å². The van der Waals surface area contributed by atoms with Crippen molar-refractivity contribution in [3.8, 4) is 11.4 Å². The van der Waals surface area contributed by atoms with Gasteiger partial charge in [0, 0.05) is 8.42 Å². The number of carbonyl (C=O) groups is 1. The molecule has 7 heteroatoms. The molecule has 0 atom stereocenters. The number of aromatic nitrogens is 3. The summed E-state index contributed by atoms with van der Waals surface area (Å²) in [4.78, 5) is 14.8. The van der Waals surface area contributed by atoms with Crippen LogP contribution in [0.15, 0.2) is 35.5 Å². The van der Waals surface area contributed by atoms with Crippen LogP contribution in [0.1, 0.15) is 9.78 Å². The SMILES string of the molecule is CC(=O)CS(=O)(=O)c1nc(-c2ccccc2)n[nH]1.[HH].[HH]. The Labute approximate surface area is 107 Å². The van der Waals surface area contributed by atoms with Gasteiger partial charge in [-0.05, 0) is 6.92 Å². The van der Waals surface area contributed by atoms with Crippen molar-refractivity contribution in [3.63, 3.8) is 0 Å². The molecular weight excluding hydrogens is 254 g/mol. The Morgan fingerprint density at radius 1 is 1.33 bits per heavy atom. The summed E-state index contributed by atoms with van der Waals surface area (Å²) in [5.41, 5.74) is 0.707. The van der Waals surface area contributed by atoms with Gasteiger partial charge < -0.3 is 0 Å². The summed E-state index contributed by atoms with van der Waals surface area (Å²) < 4.78 is 23.5. The Morgan fingerprint density at radius 3 is 2.61 bits per heavy atom. The molecule has 1 heterocycles. The van der Waals surface area contributed by atoms with Gasteiger partial charge in [-0.25, -0.2) is 13.5 Å². The fourth-order valence-corrected chi connectivity index (χ4v) is 2.52. The Balaban J connectivity index is 0.00000180. The second-order valence-electron chi connectivity index (χ2n) is 3.79. The van der Waals surface area contributed by atoms with Gasteiger partial charge in [-0.15, -0.1) is 0 Å². The lowest BCUT2D eigenvalue weighted by molar-refractivity contribution is -0.114. The van der Waals surface area contributed by atoms with Crippen molar-refractivity contribution in [2.24, 2.45) is 0 Å². The van der Waals surface area contributed by atoms with Gasteiger partial charge in [-0.1, -0.05) is 30.3 Å². The summed E-state index contributed by atoms with van der Waals surface area (Å²) in [6.07, 6.45) is 0. The molecule has 1 aromatic heterocycles. The normalized spacial score (nSPS) is 11.4. The van der Waals surface area contributed by atoms with Gasteiger partial charge in [0.2, 0.25) is 15.0 Å². The van der Waals surface area contributed by atoms with Crippen molar-refractivity contribution in [1.82, 2.24) is 15.2 Å². The number of H-pyrrole nitrogens is 1. The van der Waals surface area contributed by atoms with Crippen molar-refractivity contribution >= 4 is 15.6 Å². The Morgan fingerprint density at radius 2 is 2.00 bits per heavy atom. The van der Waals surface area contributed by atoms with Crippen LogP contribution in [-0.2, 0) is 14.6 Å². The molecule has 1 aromatic carbocycles. The summed E-state index contributed by atoms with van der Waals surface area (Å²) in [5, 5.41) is 5.90. The van der Waals surface area contributed by atoms with E-state index in [1.54, 1.807) is 24.3 Å². The third kappa shape index (κ3) is 2.62. The summed E-state index contributed by atoms with van der Waals surface area (Å²) in [5.74, 6) is -0.721. The van der Waals surface area contributed by atoms with E-state index in [1.165, 1.54) is 6.92 Å². The number of Topliss-reactive ketones (excluding diaryl/α,β-unsaturated/α-hetero) is 1. The van der Waals surface area contributed by atoms with Crippen LogP contribution in [0.25, 0.3) is 11.4 Å². The minimum Gasteiger partial charge on any atom is -0.299 e. The van der Waals surface area contributed by atoms with Crippen molar-refractivity contribution < 1.29 is 16.1 Å². The number of rotatable bonds is 4. The van der Waals surface area contributed by atoms with E-state index in [-0.39, 0.29) is 13.8 Å². The maximum atomic E-state index is 11.7. The number of nitrogens with one attached hydrogen (secondary N) is 1. The first-order valence-electron chi connectivity index (χ1n) is 5.19. The highest BCUT2D eigenvalue weighted by molar-refractivity contribution is 7.91.